The number of halogens is 1. The Morgan fingerprint density at radius 1 is 1.50 bits per heavy atom. The van der Waals surface area contributed by atoms with Gasteiger partial charge in [0, 0.05) is 13.1 Å². The average molecular weight is 247 g/mol. The van der Waals surface area contributed by atoms with Crippen LogP contribution < -0.4 is 0 Å². The van der Waals surface area contributed by atoms with Crippen molar-refractivity contribution in [3.8, 4) is 0 Å². The highest BCUT2D eigenvalue weighted by molar-refractivity contribution is 5.85. The molecule has 1 aliphatic heterocycles. The number of rotatable bonds is 6. The highest BCUT2D eigenvalue weighted by Crippen LogP contribution is 2.09. The topological polar surface area (TPSA) is 24.8 Å². The molecular weight excluding hydrogens is 224 g/mol. The molecule has 0 radical (unpaired) electrons. The molecule has 0 spiro atoms. The van der Waals surface area contributed by atoms with Gasteiger partial charge in [0.15, 0.2) is 0 Å². The summed E-state index contributed by atoms with van der Waals surface area (Å²) in [5, 5.41) is 3.81. The van der Waals surface area contributed by atoms with Crippen molar-refractivity contribution < 1.29 is 4.84 Å². The molecule has 0 aromatic carbocycles. The van der Waals surface area contributed by atoms with E-state index in [9.17, 15) is 0 Å². The number of unbranched alkanes of at least 4 members (excludes halogenated alkanes) is 2. The molecule has 1 aliphatic rings. The van der Waals surface area contributed by atoms with E-state index in [0.717, 1.165) is 13.0 Å². The van der Waals surface area contributed by atoms with Gasteiger partial charge in [-0.3, -0.25) is 4.90 Å². The number of hydrogen-bond donors (Lipinski definition) is 0. The number of nitrogens with zero attached hydrogens (tertiary/aromatic N) is 2. The molecular formula is C12H23ClN2O. The van der Waals surface area contributed by atoms with Crippen LogP contribution in [0.2, 0.25) is 0 Å². The molecule has 16 heavy (non-hydrogen) atoms. The summed E-state index contributed by atoms with van der Waals surface area (Å²) in [5.74, 6) is 0. The zero-order chi connectivity index (χ0) is 10.9. The van der Waals surface area contributed by atoms with E-state index in [1.54, 1.807) is 7.11 Å². The molecule has 1 heterocycles. The smallest absolute Gasteiger partial charge is 0.106 e. The van der Waals surface area contributed by atoms with E-state index < -0.39 is 0 Å². The van der Waals surface area contributed by atoms with E-state index in [0.29, 0.717) is 0 Å². The SMILES string of the molecule is CCCCCN1CCC=C(/C=N/OC)C1.Cl. The fourth-order valence-electron chi connectivity index (χ4n) is 1.82. The third-order valence-corrected chi connectivity index (χ3v) is 2.66. The van der Waals surface area contributed by atoms with E-state index in [1.165, 1.54) is 37.9 Å². The van der Waals surface area contributed by atoms with Gasteiger partial charge in [0.05, 0.1) is 6.21 Å². The second-order valence-corrected chi connectivity index (χ2v) is 3.97. The number of oxime groups is 1. The van der Waals surface area contributed by atoms with Crippen molar-refractivity contribution in [3.63, 3.8) is 0 Å². The van der Waals surface area contributed by atoms with Crippen molar-refractivity contribution >= 4 is 18.6 Å². The van der Waals surface area contributed by atoms with Crippen LogP contribution in [0.5, 0.6) is 0 Å². The standard InChI is InChI=1S/C12H22N2O.ClH/c1-3-4-5-8-14-9-6-7-12(11-14)10-13-15-2;/h7,10H,3-6,8-9,11H2,1-2H3;1H/b13-10+;. The molecule has 0 N–H and O–H groups in total. The van der Waals surface area contributed by atoms with Crippen LogP contribution in [-0.4, -0.2) is 37.9 Å². The number of hydrogen-bond acceptors (Lipinski definition) is 3. The predicted octanol–water partition coefficient (Wildman–Crippen LogP) is 2.86. The summed E-state index contributed by atoms with van der Waals surface area (Å²) in [6, 6.07) is 0. The summed E-state index contributed by atoms with van der Waals surface area (Å²) >= 11 is 0. The van der Waals surface area contributed by atoms with Gasteiger partial charge in [-0.2, -0.15) is 0 Å². The lowest BCUT2D eigenvalue weighted by atomic mass is 10.1. The Hall–Kier alpha value is -0.540. The molecule has 4 heteroatoms. The molecule has 0 aromatic heterocycles. The maximum absolute atomic E-state index is 4.69. The second kappa shape index (κ2) is 9.67. The van der Waals surface area contributed by atoms with Gasteiger partial charge in [-0.25, -0.2) is 0 Å². The molecule has 0 bridgehead atoms. The molecule has 3 nitrogen and oxygen atoms in total. The maximum Gasteiger partial charge on any atom is 0.106 e. The van der Waals surface area contributed by atoms with Crippen molar-refractivity contribution in [1.29, 1.82) is 0 Å². The maximum atomic E-state index is 4.69. The van der Waals surface area contributed by atoms with Gasteiger partial charge in [-0.05, 0) is 25.0 Å². The first-order valence-electron chi connectivity index (χ1n) is 5.84. The molecule has 0 atom stereocenters. The normalized spacial score (nSPS) is 17.0. The Bertz CT molecular complexity index is 229. The van der Waals surface area contributed by atoms with Crippen LogP contribution in [0, 0.1) is 0 Å². The molecule has 0 unspecified atom stereocenters. The zero-order valence-corrected chi connectivity index (χ0v) is 11.1. The van der Waals surface area contributed by atoms with Crippen LogP contribution in [-0.2, 0) is 4.84 Å². The Morgan fingerprint density at radius 3 is 3.00 bits per heavy atom. The minimum Gasteiger partial charge on any atom is -0.399 e. The van der Waals surface area contributed by atoms with Gasteiger partial charge in [-0.15, -0.1) is 12.4 Å². The summed E-state index contributed by atoms with van der Waals surface area (Å²) in [7, 11) is 1.58. The largest absolute Gasteiger partial charge is 0.399 e. The van der Waals surface area contributed by atoms with Gasteiger partial charge in [0.25, 0.3) is 0 Å². The van der Waals surface area contributed by atoms with Crippen molar-refractivity contribution in [1.82, 2.24) is 4.90 Å². The lowest BCUT2D eigenvalue weighted by Crippen LogP contribution is -2.31. The van der Waals surface area contributed by atoms with Crippen LogP contribution in [0.4, 0.5) is 0 Å². The molecule has 0 fully saturated rings. The first-order chi connectivity index (χ1) is 7.36. The van der Waals surface area contributed by atoms with E-state index in [-0.39, 0.29) is 12.4 Å². The minimum absolute atomic E-state index is 0. The van der Waals surface area contributed by atoms with Crippen LogP contribution in [0.25, 0.3) is 0 Å². The van der Waals surface area contributed by atoms with Crippen LogP contribution in [0.15, 0.2) is 16.8 Å². The van der Waals surface area contributed by atoms with Crippen molar-refractivity contribution in [3.05, 3.63) is 11.6 Å². The highest BCUT2D eigenvalue weighted by atomic mass is 35.5. The lowest BCUT2D eigenvalue weighted by Gasteiger charge is -2.25. The van der Waals surface area contributed by atoms with E-state index in [2.05, 4.69) is 27.9 Å². The van der Waals surface area contributed by atoms with Gasteiger partial charge in [0.1, 0.15) is 7.11 Å². The average Bonchev–Trinajstić information content (AvgIpc) is 2.27. The first kappa shape index (κ1) is 15.5. The van der Waals surface area contributed by atoms with Gasteiger partial charge >= 0.3 is 0 Å². The highest BCUT2D eigenvalue weighted by Gasteiger charge is 2.10. The molecule has 0 amide bonds. The van der Waals surface area contributed by atoms with Crippen LogP contribution in [0.3, 0.4) is 0 Å². The molecule has 0 saturated heterocycles. The summed E-state index contributed by atoms with van der Waals surface area (Å²) in [5.41, 5.74) is 1.28. The Kier molecular flexibility index (Phi) is 9.34. The molecule has 0 aromatic rings. The Balaban J connectivity index is 0.00000225. The summed E-state index contributed by atoms with van der Waals surface area (Å²) in [6.45, 7) is 5.67. The van der Waals surface area contributed by atoms with Gasteiger partial charge in [0.2, 0.25) is 0 Å². The van der Waals surface area contributed by atoms with Crippen LogP contribution >= 0.6 is 12.4 Å². The fraction of sp³-hybridized carbons (Fsp3) is 0.750. The molecule has 0 aliphatic carbocycles. The van der Waals surface area contributed by atoms with Crippen LogP contribution in [0.1, 0.15) is 32.6 Å². The molecule has 1 rings (SSSR count). The molecule has 0 saturated carbocycles. The summed E-state index contributed by atoms with van der Waals surface area (Å²) in [4.78, 5) is 7.18. The van der Waals surface area contributed by atoms with E-state index >= 15 is 0 Å². The predicted molar refractivity (Wildman–Crippen MR) is 71.4 cm³/mol. The van der Waals surface area contributed by atoms with Gasteiger partial charge < -0.3 is 4.84 Å². The minimum atomic E-state index is 0. The quantitative estimate of drug-likeness (QED) is 0.409. The third kappa shape index (κ3) is 6.13. The monoisotopic (exact) mass is 246 g/mol. The Labute approximate surface area is 105 Å². The van der Waals surface area contributed by atoms with E-state index in [4.69, 9.17) is 0 Å². The van der Waals surface area contributed by atoms with Crippen molar-refractivity contribution in [2.75, 3.05) is 26.7 Å². The second-order valence-electron chi connectivity index (χ2n) is 3.97. The van der Waals surface area contributed by atoms with Gasteiger partial charge in [-0.1, -0.05) is 31.0 Å². The fourth-order valence-corrected chi connectivity index (χ4v) is 1.82. The van der Waals surface area contributed by atoms with Crippen molar-refractivity contribution in [2.24, 2.45) is 5.16 Å². The summed E-state index contributed by atoms with van der Waals surface area (Å²) in [6.07, 6.45) is 9.15. The molecule has 94 valence electrons. The summed E-state index contributed by atoms with van der Waals surface area (Å²) < 4.78 is 0. The first-order valence-corrected chi connectivity index (χ1v) is 5.84. The lowest BCUT2D eigenvalue weighted by molar-refractivity contribution is 0.214. The third-order valence-electron chi connectivity index (χ3n) is 2.66. The Morgan fingerprint density at radius 2 is 2.31 bits per heavy atom. The van der Waals surface area contributed by atoms with E-state index in [1.807, 2.05) is 6.21 Å². The zero-order valence-electron chi connectivity index (χ0n) is 10.3. The van der Waals surface area contributed by atoms with Crippen molar-refractivity contribution in [2.45, 2.75) is 32.6 Å².